The number of anilines is 1. The van der Waals surface area contributed by atoms with Crippen LogP contribution in [-0.4, -0.2) is 14.3 Å². The van der Waals surface area contributed by atoms with E-state index in [0.717, 1.165) is 10.4 Å². The lowest BCUT2D eigenvalue weighted by atomic mass is 9.91. The molecule has 0 saturated carbocycles. The van der Waals surface area contributed by atoms with Crippen molar-refractivity contribution in [2.75, 3.05) is 5.32 Å². The Morgan fingerprint density at radius 3 is 2.42 bits per heavy atom. The van der Waals surface area contributed by atoms with Crippen molar-refractivity contribution in [2.24, 2.45) is 0 Å². The molecule has 1 N–H and O–H groups in total. The van der Waals surface area contributed by atoms with E-state index in [1.54, 1.807) is 47.8 Å². The number of halogens is 1. The summed E-state index contributed by atoms with van der Waals surface area (Å²) < 4.78 is 26.0. The lowest BCUT2D eigenvalue weighted by molar-refractivity contribution is -0.116. The van der Waals surface area contributed by atoms with Gasteiger partial charge < -0.3 is 5.32 Å². The van der Waals surface area contributed by atoms with Gasteiger partial charge >= 0.3 is 0 Å². The summed E-state index contributed by atoms with van der Waals surface area (Å²) in [5.74, 6) is -0.374. The van der Waals surface area contributed by atoms with Crippen LogP contribution in [0.2, 0.25) is 5.02 Å². The van der Waals surface area contributed by atoms with Crippen LogP contribution in [0, 0.1) is 0 Å². The Balaban J connectivity index is 1.83. The molecule has 0 fully saturated rings. The molecule has 0 radical (unpaired) electrons. The normalized spacial score (nSPS) is 16.8. The molecule has 1 aliphatic rings. The first-order chi connectivity index (χ1) is 12.5. The minimum Gasteiger partial charge on any atom is -0.324 e. The van der Waals surface area contributed by atoms with Crippen LogP contribution >= 0.6 is 22.9 Å². The van der Waals surface area contributed by atoms with Crippen molar-refractivity contribution in [1.29, 1.82) is 0 Å². The number of amides is 1. The first-order valence-corrected chi connectivity index (χ1v) is 10.7. The fraction of sp³-hybridized carbons (Fsp3) is 0.105. The minimum atomic E-state index is -3.70. The Morgan fingerprint density at radius 2 is 1.73 bits per heavy atom. The largest absolute Gasteiger partial charge is 0.324 e. The van der Waals surface area contributed by atoms with Crippen LogP contribution in [0.5, 0.6) is 0 Å². The van der Waals surface area contributed by atoms with E-state index in [4.69, 9.17) is 11.6 Å². The van der Waals surface area contributed by atoms with Gasteiger partial charge in [-0.15, -0.1) is 11.3 Å². The molecule has 132 valence electrons. The molecule has 1 unspecified atom stereocenters. The molecule has 1 amide bonds. The van der Waals surface area contributed by atoms with Gasteiger partial charge in [-0.2, -0.15) is 0 Å². The van der Waals surface area contributed by atoms with Crippen molar-refractivity contribution in [3.05, 3.63) is 75.4 Å². The Hall–Kier alpha value is -2.15. The first kappa shape index (κ1) is 17.3. The summed E-state index contributed by atoms with van der Waals surface area (Å²) in [5, 5.41) is 4.99. The van der Waals surface area contributed by atoms with Crippen LogP contribution in [0.25, 0.3) is 0 Å². The van der Waals surface area contributed by atoms with E-state index in [1.165, 1.54) is 11.3 Å². The number of sulfone groups is 1. The number of hydrogen-bond acceptors (Lipinski definition) is 4. The fourth-order valence-corrected chi connectivity index (χ4v) is 6.15. The Morgan fingerprint density at radius 1 is 1.04 bits per heavy atom. The molecule has 2 heterocycles. The third-order valence-electron chi connectivity index (χ3n) is 4.37. The van der Waals surface area contributed by atoms with Gasteiger partial charge in [0.2, 0.25) is 15.7 Å². The molecule has 0 bridgehead atoms. The highest BCUT2D eigenvalue weighted by atomic mass is 35.5. The minimum absolute atomic E-state index is 0.149. The number of benzene rings is 2. The van der Waals surface area contributed by atoms with Gasteiger partial charge in [-0.05, 0) is 29.8 Å². The molecule has 4 nitrogen and oxygen atoms in total. The molecule has 0 spiro atoms. The number of nitrogens with one attached hydrogen (secondary N) is 1. The van der Waals surface area contributed by atoms with Crippen molar-refractivity contribution >= 4 is 44.4 Å². The van der Waals surface area contributed by atoms with Crippen LogP contribution in [0.1, 0.15) is 22.8 Å². The summed E-state index contributed by atoms with van der Waals surface area (Å²) in [6.07, 6.45) is 0.278. The second-order valence-corrected chi connectivity index (χ2v) is 9.28. The smallest absolute Gasteiger partial charge is 0.225 e. The van der Waals surface area contributed by atoms with E-state index in [9.17, 15) is 13.2 Å². The molecule has 3 aromatic rings. The predicted molar refractivity (Wildman–Crippen MR) is 103 cm³/mol. The van der Waals surface area contributed by atoms with Crippen molar-refractivity contribution in [3.63, 3.8) is 0 Å². The van der Waals surface area contributed by atoms with Gasteiger partial charge in [-0.3, -0.25) is 4.79 Å². The van der Waals surface area contributed by atoms with E-state index >= 15 is 0 Å². The summed E-state index contributed by atoms with van der Waals surface area (Å²) in [7, 11) is -3.70. The highest BCUT2D eigenvalue weighted by molar-refractivity contribution is 7.91. The zero-order valence-electron chi connectivity index (χ0n) is 13.5. The molecule has 0 saturated heterocycles. The van der Waals surface area contributed by atoms with Gasteiger partial charge in [0.25, 0.3) is 0 Å². The second-order valence-electron chi connectivity index (χ2n) is 6.01. The zero-order valence-corrected chi connectivity index (χ0v) is 15.9. The predicted octanol–water partition coefficient (Wildman–Crippen LogP) is 4.71. The fourth-order valence-electron chi connectivity index (χ4n) is 3.09. The summed E-state index contributed by atoms with van der Waals surface area (Å²) in [4.78, 5) is 13.5. The van der Waals surface area contributed by atoms with Gasteiger partial charge in [0, 0.05) is 27.6 Å². The highest BCUT2D eigenvalue weighted by Crippen LogP contribution is 2.45. The topological polar surface area (TPSA) is 63.2 Å². The maximum atomic E-state index is 13.0. The summed E-state index contributed by atoms with van der Waals surface area (Å²) in [6.45, 7) is 0. The Kier molecular flexibility index (Phi) is 4.34. The Bertz CT molecular complexity index is 1070. The molecule has 4 rings (SSSR count). The van der Waals surface area contributed by atoms with Crippen LogP contribution < -0.4 is 5.32 Å². The average Bonchev–Trinajstić information content (AvgIpc) is 3.07. The molecule has 2 aromatic carbocycles. The van der Waals surface area contributed by atoms with E-state index in [2.05, 4.69) is 5.32 Å². The van der Waals surface area contributed by atoms with Gasteiger partial charge in [-0.1, -0.05) is 41.9 Å². The van der Waals surface area contributed by atoms with Crippen molar-refractivity contribution in [3.8, 4) is 0 Å². The third-order valence-corrected chi connectivity index (χ3v) is 7.66. The molecule has 7 heteroatoms. The molecule has 1 aliphatic heterocycles. The van der Waals surface area contributed by atoms with Crippen LogP contribution in [0.15, 0.2) is 69.8 Å². The Labute approximate surface area is 160 Å². The maximum Gasteiger partial charge on any atom is 0.225 e. The standard InChI is InChI=1S/C19H14ClNO3S2/c20-13-8-6-12(7-9-13)15-10-17(22)21-18-16(11-25-19(15)18)26(23,24)14-4-2-1-3-5-14/h1-9,11,15H,10H2,(H,21,22). The number of carbonyl (C=O) groups excluding carboxylic acids is 1. The lowest BCUT2D eigenvalue weighted by Crippen LogP contribution is -2.23. The summed E-state index contributed by atoms with van der Waals surface area (Å²) in [5.41, 5.74) is 1.34. The van der Waals surface area contributed by atoms with Crippen LogP contribution in [0.4, 0.5) is 5.69 Å². The van der Waals surface area contributed by atoms with Gasteiger partial charge in [0.05, 0.1) is 10.6 Å². The van der Waals surface area contributed by atoms with E-state index in [0.29, 0.717) is 10.7 Å². The van der Waals surface area contributed by atoms with Crippen molar-refractivity contribution in [1.82, 2.24) is 0 Å². The van der Waals surface area contributed by atoms with Gasteiger partial charge in [0.1, 0.15) is 4.90 Å². The van der Waals surface area contributed by atoms with E-state index in [1.807, 2.05) is 12.1 Å². The summed E-state index contributed by atoms with van der Waals surface area (Å²) in [6, 6.07) is 15.5. The molecular weight excluding hydrogens is 390 g/mol. The number of thiophene rings is 1. The average molecular weight is 404 g/mol. The quantitative estimate of drug-likeness (QED) is 0.688. The maximum absolute atomic E-state index is 13.0. The van der Waals surface area contributed by atoms with E-state index < -0.39 is 9.84 Å². The SMILES string of the molecule is O=C1CC(c2ccc(Cl)cc2)c2scc(S(=O)(=O)c3ccccc3)c2N1. The van der Waals surface area contributed by atoms with E-state index in [-0.39, 0.29) is 28.0 Å². The molecule has 26 heavy (non-hydrogen) atoms. The van der Waals surface area contributed by atoms with Gasteiger partial charge in [0.15, 0.2) is 0 Å². The summed E-state index contributed by atoms with van der Waals surface area (Å²) >= 11 is 7.31. The third kappa shape index (κ3) is 2.94. The number of fused-ring (bicyclic) bond motifs is 1. The number of rotatable bonds is 3. The second kappa shape index (κ2) is 6.54. The molecule has 0 aliphatic carbocycles. The highest BCUT2D eigenvalue weighted by Gasteiger charge is 2.34. The first-order valence-electron chi connectivity index (χ1n) is 7.93. The number of hydrogen-bond donors (Lipinski definition) is 1. The molecule has 1 aromatic heterocycles. The zero-order chi connectivity index (χ0) is 18.3. The van der Waals surface area contributed by atoms with Crippen LogP contribution in [0.3, 0.4) is 0 Å². The lowest BCUT2D eigenvalue weighted by Gasteiger charge is -2.23. The van der Waals surface area contributed by atoms with Crippen molar-refractivity contribution < 1.29 is 13.2 Å². The molecule has 1 atom stereocenters. The molecular formula is C19H14ClNO3S2. The van der Waals surface area contributed by atoms with Crippen molar-refractivity contribution in [2.45, 2.75) is 22.1 Å². The van der Waals surface area contributed by atoms with Crippen LogP contribution in [-0.2, 0) is 14.6 Å². The monoisotopic (exact) mass is 403 g/mol. The number of carbonyl (C=O) groups is 1. The van der Waals surface area contributed by atoms with Gasteiger partial charge in [-0.25, -0.2) is 8.42 Å².